The molecule has 8 nitrogen and oxygen atoms in total. The van der Waals surface area contributed by atoms with Crippen LogP contribution in [0.25, 0.3) is 10.2 Å². The third-order valence-electron chi connectivity index (χ3n) is 5.39. The fourth-order valence-corrected chi connectivity index (χ4v) is 5.15. The smallest absolute Gasteiger partial charge is 0.310 e. The van der Waals surface area contributed by atoms with Crippen LogP contribution in [0.5, 0.6) is 0 Å². The number of aromatic nitrogens is 2. The van der Waals surface area contributed by atoms with Gasteiger partial charge in [-0.05, 0) is 46.1 Å². The highest BCUT2D eigenvalue weighted by molar-refractivity contribution is 7.20. The molecule has 1 saturated heterocycles. The molecule has 0 spiro atoms. The zero-order valence-corrected chi connectivity index (χ0v) is 19.0. The van der Waals surface area contributed by atoms with Gasteiger partial charge in [0.2, 0.25) is 5.91 Å². The van der Waals surface area contributed by atoms with E-state index in [9.17, 15) is 14.4 Å². The second-order valence-corrected chi connectivity index (χ2v) is 8.68. The SMILES string of the molecule is CCOC(=O)C1CCCN(C(=O)CN(C)C(=O)c2sc3nc(C)nc(C)c3c2C)C1. The van der Waals surface area contributed by atoms with E-state index in [2.05, 4.69) is 9.97 Å². The van der Waals surface area contributed by atoms with Crippen molar-refractivity contribution in [2.75, 3.05) is 33.3 Å². The van der Waals surface area contributed by atoms with Crippen LogP contribution < -0.4 is 0 Å². The van der Waals surface area contributed by atoms with E-state index < -0.39 is 0 Å². The first kappa shape index (κ1) is 22.1. The Labute approximate surface area is 180 Å². The molecule has 1 aliphatic rings. The standard InChI is InChI=1S/C21H28N4O4S/c1-6-29-21(28)15-8-7-9-25(10-15)16(26)11-24(5)20(27)18-12(2)17-13(3)22-14(4)23-19(17)30-18/h15H,6-11H2,1-5H3. The molecule has 3 rings (SSSR count). The van der Waals surface area contributed by atoms with Gasteiger partial charge in [0.15, 0.2) is 0 Å². The van der Waals surface area contributed by atoms with Crippen molar-refractivity contribution in [3.8, 4) is 0 Å². The van der Waals surface area contributed by atoms with Crippen molar-refractivity contribution in [2.24, 2.45) is 5.92 Å². The second kappa shape index (κ2) is 9.07. The third kappa shape index (κ3) is 4.45. The molecule has 2 amide bonds. The first-order valence-corrected chi connectivity index (χ1v) is 11.0. The molecule has 0 bridgehead atoms. The number of likely N-dealkylation sites (N-methyl/N-ethyl adjacent to an activating group) is 1. The summed E-state index contributed by atoms with van der Waals surface area (Å²) in [5.74, 6) is -0.249. The van der Waals surface area contributed by atoms with E-state index in [0.29, 0.717) is 30.4 Å². The molecule has 0 aliphatic carbocycles. The van der Waals surface area contributed by atoms with E-state index in [0.717, 1.165) is 34.3 Å². The fraction of sp³-hybridized carbons (Fsp3) is 0.571. The van der Waals surface area contributed by atoms with E-state index >= 15 is 0 Å². The minimum Gasteiger partial charge on any atom is -0.466 e. The van der Waals surface area contributed by atoms with E-state index in [1.807, 2.05) is 20.8 Å². The average Bonchev–Trinajstić information content (AvgIpc) is 3.03. The quantitative estimate of drug-likeness (QED) is 0.674. The summed E-state index contributed by atoms with van der Waals surface area (Å²) in [7, 11) is 1.63. The number of nitrogens with zero attached hydrogens (tertiary/aromatic N) is 4. The molecular formula is C21H28N4O4S. The summed E-state index contributed by atoms with van der Waals surface area (Å²) >= 11 is 1.33. The summed E-state index contributed by atoms with van der Waals surface area (Å²) < 4.78 is 5.10. The summed E-state index contributed by atoms with van der Waals surface area (Å²) in [5, 5.41) is 0.905. The second-order valence-electron chi connectivity index (χ2n) is 7.68. The van der Waals surface area contributed by atoms with Crippen LogP contribution in [0.4, 0.5) is 0 Å². The maximum absolute atomic E-state index is 13.1. The van der Waals surface area contributed by atoms with Crippen LogP contribution >= 0.6 is 11.3 Å². The molecule has 1 aliphatic heterocycles. The van der Waals surface area contributed by atoms with Gasteiger partial charge in [-0.3, -0.25) is 14.4 Å². The molecule has 0 aromatic carbocycles. The average molecular weight is 433 g/mol. The summed E-state index contributed by atoms with van der Waals surface area (Å²) in [6, 6.07) is 0. The number of thiophene rings is 1. The van der Waals surface area contributed by atoms with Gasteiger partial charge in [0, 0.05) is 31.2 Å². The summed E-state index contributed by atoms with van der Waals surface area (Å²) in [6.45, 7) is 8.63. The maximum atomic E-state index is 13.1. The molecular weight excluding hydrogens is 404 g/mol. The summed E-state index contributed by atoms with van der Waals surface area (Å²) in [4.78, 5) is 51.2. The Morgan fingerprint density at radius 3 is 2.67 bits per heavy atom. The molecule has 2 aromatic rings. The summed E-state index contributed by atoms with van der Waals surface area (Å²) in [6.07, 6.45) is 1.47. The molecule has 1 unspecified atom stereocenters. The lowest BCUT2D eigenvalue weighted by molar-refractivity contribution is -0.151. The number of carbonyl (C=O) groups is 3. The van der Waals surface area contributed by atoms with Gasteiger partial charge in [0.05, 0.1) is 23.9 Å². The predicted octanol–water partition coefficient (Wildman–Crippen LogP) is 2.49. The van der Waals surface area contributed by atoms with Gasteiger partial charge in [-0.1, -0.05) is 0 Å². The van der Waals surface area contributed by atoms with E-state index in [1.54, 1.807) is 18.9 Å². The highest BCUT2D eigenvalue weighted by Gasteiger charge is 2.30. The maximum Gasteiger partial charge on any atom is 0.310 e. The van der Waals surface area contributed by atoms with Gasteiger partial charge in [-0.15, -0.1) is 11.3 Å². The van der Waals surface area contributed by atoms with Crippen LogP contribution in [-0.2, 0) is 14.3 Å². The number of fused-ring (bicyclic) bond motifs is 1. The van der Waals surface area contributed by atoms with E-state index in [4.69, 9.17) is 4.74 Å². The molecule has 1 fully saturated rings. The van der Waals surface area contributed by atoms with E-state index in [1.165, 1.54) is 16.2 Å². The zero-order valence-electron chi connectivity index (χ0n) is 18.2. The largest absolute Gasteiger partial charge is 0.466 e. The number of amides is 2. The van der Waals surface area contributed by atoms with Crippen LogP contribution in [0.15, 0.2) is 0 Å². The zero-order chi connectivity index (χ0) is 22.0. The molecule has 1 atom stereocenters. The molecule has 162 valence electrons. The number of likely N-dealkylation sites (tertiary alicyclic amines) is 1. The Balaban J connectivity index is 1.70. The molecule has 9 heteroatoms. The van der Waals surface area contributed by atoms with E-state index in [-0.39, 0.29) is 30.2 Å². The van der Waals surface area contributed by atoms with Gasteiger partial charge in [-0.25, -0.2) is 9.97 Å². The number of piperidine rings is 1. The van der Waals surface area contributed by atoms with Crippen molar-refractivity contribution in [1.82, 2.24) is 19.8 Å². The normalized spacial score (nSPS) is 16.6. The van der Waals surface area contributed by atoms with Crippen LogP contribution in [0.2, 0.25) is 0 Å². The predicted molar refractivity (Wildman–Crippen MR) is 115 cm³/mol. The minimum absolute atomic E-state index is 0.0360. The fourth-order valence-electron chi connectivity index (χ4n) is 3.88. The first-order chi connectivity index (χ1) is 14.2. The monoisotopic (exact) mass is 432 g/mol. The molecule has 0 radical (unpaired) electrons. The van der Waals surface area contributed by atoms with Crippen molar-refractivity contribution >= 4 is 39.3 Å². The van der Waals surface area contributed by atoms with Crippen LogP contribution in [-0.4, -0.2) is 70.8 Å². The number of carbonyl (C=O) groups excluding carboxylic acids is 3. The topological polar surface area (TPSA) is 92.7 Å². The lowest BCUT2D eigenvalue weighted by Crippen LogP contribution is -2.47. The molecule has 30 heavy (non-hydrogen) atoms. The Morgan fingerprint density at radius 1 is 1.23 bits per heavy atom. The molecule has 0 saturated carbocycles. The van der Waals surface area contributed by atoms with Crippen molar-refractivity contribution in [2.45, 2.75) is 40.5 Å². The van der Waals surface area contributed by atoms with Crippen molar-refractivity contribution in [3.63, 3.8) is 0 Å². The number of hydrogen-bond donors (Lipinski definition) is 0. The number of ether oxygens (including phenoxy) is 1. The van der Waals surface area contributed by atoms with Gasteiger partial charge < -0.3 is 14.5 Å². The number of rotatable bonds is 5. The van der Waals surface area contributed by atoms with Crippen LogP contribution in [0.1, 0.15) is 46.5 Å². The highest BCUT2D eigenvalue weighted by atomic mass is 32.1. The Kier molecular flexibility index (Phi) is 6.70. The van der Waals surface area contributed by atoms with Gasteiger partial charge in [0.1, 0.15) is 10.7 Å². The van der Waals surface area contributed by atoms with Gasteiger partial charge in [-0.2, -0.15) is 0 Å². The molecule has 0 N–H and O–H groups in total. The number of aryl methyl sites for hydroxylation is 3. The van der Waals surface area contributed by atoms with Crippen LogP contribution in [0, 0.1) is 26.7 Å². The number of hydrogen-bond acceptors (Lipinski definition) is 7. The van der Waals surface area contributed by atoms with Gasteiger partial charge in [0.25, 0.3) is 5.91 Å². The first-order valence-electron chi connectivity index (χ1n) is 10.2. The number of esters is 1. The van der Waals surface area contributed by atoms with Crippen molar-refractivity contribution < 1.29 is 19.1 Å². The third-order valence-corrected chi connectivity index (χ3v) is 6.56. The van der Waals surface area contributed by atoms with Crippen molar-refractivity contribution in [3.05, 3.63) is 22.0 Å². The minimum atomic E-state index is -0.293. The highest BCUT2D eigenvalue weighted by Crippen LogP contribution is 2.32. The Bertz CT molecular complexity index is 987. The Hall–Kier alpha value is -2.55. The Morgan fingerprint density at radius 2 is 1.97 bits per heavy atom. The van der Waals surface area contributed by atoms with Gasteiger partial charge >= 0.3 is 5.97 Å². The molecule has 2 aromatic heterocycles. The molecule has 3 heterocycles. The van der Waals surface area contributed by atoms with Crippen LogP contribution in [0.3, 0.4) is 0 Å². The summed E-state index contributed by atoms with van der Waals surface area (Å²) in [5.41, 5.74) is 1.69. The lowest BCUT2D eigenvalue weighted by atomic mass is 9.98. The van der Waals surface area contributed by atoms with Crippen molar-refractivity contribution in [1.29, 1.82) is 0 Å². The lowest BCUT2D eigenvalue weighted by Gasteiger charge is -2.32.